The van der Waals surface area contributed by atoms with Gasteiger partial charge in [-0.15, -0.1) is 0 Å². The van der Waals surface area contributed by atoms with Crippen molar-refractivity contribution >= 4 is 0 Å². The van der Waals surface area contributed by atoms with Crippen LogP contribution in [0.4, 0.5) is 0 Å². The van der Waals surface area contributed by atoms with Gasteiger partial charge in [-0.2, -0.15) is 0 Å². The van der Waals surface area contributed by atoms with Crippen LogP contribution in [0, 0.1) is 17.3 Å². The minimum atomic E-state index is -0.192. The zero-order valence-electron chi connectivity index (χ0n) is 10.5. The average Bonchev–Trinajstić information content (AvgIpc) is 2.63. The Morgan fingerprint density at radius 2 is 2.00 bits per heavy atom. The highest BCUT2D eigenvalue weighted by atomic mass is 16.3. The average molecular weight is 213 g/mol. The van der Waals surface area contributed by atoms with Gasteiger partial charge in [0.15, 0.2) is 0 Å². The van der Waals surface area contributed by atoms with Crippen LogP contribution in [-0.2, 0) is 0 Å². The van der Waals surface area contributed by atoms with Gasteiger partial charge in [0.05, 0.1) is 6.10 Å². The molecule has 90 valence electrons. The van der Waals surface area contributed by atoms with Crippen LogP contribution in [0.25, 0.3) is 0 Å². The second kappa shape index (κ2) is 5.31. The van der Waals surface area contributed by atoms with Crippen LogP contribution in [0.1, 0.15) is 52.9 Å². The van der Waals surface area contributed by atoms with Gasteiger partial charge in [-0.1, -0.05) is 40.0 Å². The van der Waals surface area contributed by atoms with Gasteiger partial charge >= 0.3 is 0 Å². The minimum absolute atomic E-state index is 0.0239. The maximum Gasteiger partial charge on any atom is 0.0636 e. The van der Waals surface area contributed by atoms with Gasteiger partial charge in [0.2, 0.25) is 0 Å². The maximum absolute atomic E-state index is 10.5. The van der Waals surface area contributed by atoms with Crippen molar-refractivity contribution in [2.45, 2.75) is 59.0 Å². The molecule has 0 bridgehead atoms. The van der Waals surface area contributed by atoms with Crippen molar-refractivity contribution in [3.8, 4) is 0 Å². The lowest BCUT2D eigenvalue weighted by atomic mass is 9.73. The number of hydrogen-bond donors (Lipinski definition) is 2. The number of aliphatic hydroxyl groups excluding tert-OH is 1. The van der Waals surface area contributed by atoms with E-state index in [0.29, 0.717) is 12.5 Å². The highest BCUT2D eigenvalue weighted by Gasteiger charge is 2.44. The summed E-state index contributed by atoms with van der Waals surface area (Å²) in [6.45, 7) is 7.26. The van der Waals surface area contributed by atoms with Crippen LogP contribution in [0.3, 0.4) is 0 Å². The highest BCUT2D eigenvalue weighted by molar-refractivity contribution is 4.96. The van der Waals surface area contributed by atoms with Crippen molar-refractivity contribution in [3.63, 3.8) is 0 Å². The Labute approximate surface area is 94.2 Å². The molecule has 0 saturated heterocycles. The van der Waals surface area contributed by atoms with Crippen molar-refractivity contribution < 1.29 is 5.11 Å². The quantitative estimate of drug-likeness (QED) is 0.737. The zero-order valence-corrected chi connectivity index (χ0v) is 10.5. The molecule has 0 heterocycles. The Morgan fingerprint density at radius 3 is 2.33 bits per heavy atom. The first-order valence-electron chi connectivity index (χ1n) is 6.47. The van der Waals surface area contributed by atoms with Crippen molar-refractivity contribution in [1.82, 2.24) is 0 Å². The molecule has 3 N–H and O–H groups in total. The van der Waals surface area contributed by atoms with E-state index in [4.69, 9.17) is 5.73 Å². The molecule has 2 heteroatoms. The lowest BCUT2D eigenvalue weighted by Crippen LogP contribution is -2.44. The summed E-state index contributed by atoms with van der Waals surface area (Å²) in [6, 6.07) is 0. The van der Waals surface area contributed by atoms with Gasteiger partial charge in [0, 0.05) is 12.0 Å². The SMILES string of the molecule is CCC(CC)C(O)C1(CN)CCC(C)C1. The third-order valence-corrected chi connectivity index (χ3v) is 4.42. The minimum Gasteiger partial charge on any atom is -0.392 e. The molecule has 1 rings (SSSR count). The van der Waals surface area contributed by atoms with E-state index in [-0.39, 0.29) is 11.5 Å². The first kappa shape index (κ1) is 13.0. The van der Waals surface area contributed by atoms with Crippen molar-refractivity contribution in [1.29, 1.82) is 0 Å². The molecule has 0 spiro atoms. The first-order valence-corrected chi connectivity index (χ1v) is 6.47. The predicted octanol–water partition coefficient (Wildman–Crippen LogP) is 2.55. The molecule has 2 nitrogen and oxygen atoms in total. The fourth-order valence-electron chi connectivity index (χ4n) is 3.24. The smallest absolute Gasteiger partial charge is 0.0636 e. The largest absolute Gasteiger partial charge is 0.392 e. The van der Waals surface area contributed by atoms with Crippen LogP contribution in [0.2, 0.25) is 0 Å². The summed E-state index contributed by atoms with van der Waals surface area (Å²) in [7, 11) is 0. The second-order valence-corrected chi connectivity index (χ2v) is 5.44. The Bertz CT molecular complexity index is 191. The number of rotatable bonds is 5. The summed E-state index contributed by atoms with van der Waals surface area (Å²) in [5, 5.41) is 10.5. The lowest BCUT2D eigenvalue weighted by Gasteiger charge is -2.37. The lowest BCUT2D eigenvalue weighted by molar-refractivity contribution is -0.0160. The Kier molecular flexibility index (Phi) is 4.60. The molecule has 0 aromatic heterocycles. The number of nitrogens with two attached hydrogens (primary N) is 1. The summed E-state index contributed by atoms with van der Waals surface area (Å²) < 4.78 is 0. The van der Waals surface area contributed by atoms with E-state index in [9.17, 15) is 5.11 Å². The fourth-order valence-corrected chi connectivity index (χ4v) is 3.24. The predicted molar refractivity (Wildman–Crippen MR) is 64.6 cm³/mol. The molecule has 3 atom stereocenters. The molecule has 0 radical (unpaired) electrons. The van der Waals surface area contributed by atoms with Gasteiger partial charge in [0.25, 0.3) is 0 Å². The van der Waals surface area contributed by atoms with E-state index in [0.717, 1.165) is 31.6 Å². The van der Waals surface area contributed by atoms with E-state index in [1.165, 1.54) is 6.42 Å². The third kappa shape index (κ3) is 2.54. The molecule has 3 unspecified atom stereocenters. The van der Waals surface area contributed by atoms with Crippen molar-refractivity contribution in [3.05, 3.63) is 0 Å². The number of aliphatic hydroxyl groups is 1. The van der Waals surface area contributed by atoms with Crippen molar-refractivity contribution in [2.24, 2.45) is 23.0 Å². The molecule has 15 heavy (non-hydrogen) atoms. The maximum atomic E-state index is 10.5. The van der Waals surface area contributed by atoms with Gasteiger partial charge in [-0.25, -0.2) is 0 Å². The normalized spacial score (nSPS) is 33.6. The van der Waals surface area contributed by atoms with Gasteiger partial charge < -0.3 is 10.8 Å². The molecule has 1 saturated carbocycles. The Hall–Kier alpha value is -0.0800. The molecule has 0 aliphatic heterocycles. The van der Waals surface area contributed by atoms with Crippen LogP contribution in [0.15, 0.2) is 0 Å². The standard InChI is InChI=1S/C13H27NO/c1-4-11(5-2)12(15)13(9-14)7-6-10(3)8-13/h10-12,15H,4-9,14H2,1-3H3. The molecular weight excluding hydrogens is 186 g/mol. The van der Waals surface area contributed by atoms with E-state index < -0.39 is 0 Å². The van der Waals surface area contributed by atoms with Crippen LogP contribution in [-0.4, -0.2) is 17.8 Å². The van der Waals surface area contributed by atoms with E-state index in [2.05, 4.69) is 20.8 Å². The topological polar surface area (TPSA) is 46.2 Å². The molecule has 1 aliphatic rings. The summed E-state index contributed by atoms with van der Waals surface area (Å²) >= 11 is 0. The van der Waals surface area contributed by atoms with E-state index in [1.54, 1.807) is 0 Å². The summed E-state index contributed by atoms with van der Waals surface area (Å²) in [6.07, 6.45) is 5.39. The molecule has 0 aromatic rings. The van der Waals surface area contributed by atoms with E-state index >= 15 is 0 Å². The molecule has 1 fully saturated rings. The third-order valence-electron chi connectivity index (χ3n) is 4.42. The second-order valence-electron chi connectivity index (χ2n) is 5.44. The molecular formula is C13H27NO. The Morgan fingerprint density at radius 1 is 1.40 bits per heavy atom. The van der Waals surface area contributed by atoms with E-state index in [1.807, 2.05) is 0 Å². The molecule has 0 amide bonds. The zero-order chi connectivity index (χ0) is 11.5. The van der Waals surface area contributed by atoms with Crippen LogP contribution >= 0.6 is 0 Å². The summed E-state index contributed by atoms with van der Waals surface area (Å²) in [5.74, 6) is 1.16. The first-order chi connectivity index (χ1) is 7.09. The fraction of sp³-hybridized carbons (Fsp3) is 1.00. The molecule has 1 aliphatic carbocycles. The monoisotopic (exact) mass is 213 g/mol. The number of hydrogen-bond acceptors (Lipinski definition) is 2. The van der Waals surface area contributed by atoms with Gasteiger partial charge in [0.1, 0.15) is 0 Å². The van der Waals surface area contributed by atoms with Gasteiger partial charge in [-0.3, -0.25) is 0 Å². The van der Waals surface area contributed by atoms with Gasteiger partial charge in [-0.05, 0) is 24.7 Å². The van der Waals surface area contributed by atoms with Crippen LogP contribution < -0.4 is 5.73 Å². The van der Waals surface area contributed by atoms with Crippen LogP contribution in [0.5, 0.6) is 0 Å². The summed E-state index contributed by atoms with van der Waals surface area (Å²) in [4.78, 5) is 0. The Balaban J connectivity index is 2.72. The summed E-state index contributed by atoms with van der Waals surface area (Å²) in [5.41, 5.74) is 5.94. The van der Waals surface area contributed by atoms with Crippen molar-refractivity contribution in [2.75, 3.05) is 6.54 Å². The highest BCUT2D eigenvalue weighted by Crippen LogP contribution is 2.46. The molecule has 0 aromatic carbocycles.